The van der Waals surface area contributed by atoms with Crippen LogP contribution in [-0.4, -0.2) is 16.0 Å². The summed E-state index contributed by atoms with van der Waals surface area (Å²) in [7, 11) is 0. The van der Waals surface area contributed by atoms with E-state index in [9.17, 15) is 4.79 Å². The molecule has 1 amide bonds. The summed E-state index contributed by atoms with van der Waals surface area (Å²) in [5, 5.41) is 4.82. The molecule has 5 nitrogen and oxygen atoms in total. The molecule has 0 saturated carbocycles. The maximum Gasteiger partial charge on any atom is 0.247 e. The van der Waals surface area contributed by atoms with Gasteiger partial charge >= 0.3 is 0 Å². The summed E-state index contributed by atoms with van der Waals surface area (Å²) in [5.74, 6) is 0.183. The number of halogens is 1. The fraction of sp³-hybridized carbons (Fsp3) is 0.125. The SMILES string of the molecule is CCC(=O)N(c1ccccc1Cl)c1onc(-c2cccc(C)c2)c1-c1ccncc1. The number of pyridine rings is 1. The lowest BCUT2D eigenvalue weighted by Crippen LogP contribution is -2.25. The first-order valence-corrected chi connectivity index (χ1v) is 10.0. The lowest BCUT2D eigenvalue weighted by Gasteiger charge is -2.21. The minimum Gasteiger partial charge on any atom is -0.337 e. The van der Waals surface area contributed by atoms with Crippen molar-refractivity contribution in [3.05, 3.63) is 83.6 Å². The van der Waals surface area contributed by atoms with Gasteiger partial charge in [0.1, 0.15) is 5.69 Å². The molecule has 2 aromatic heterocycles. The summed E-state index contributed by atoms with van der Waals surface area (Å²) >= 11 is 6.45. The molecule has 0 saturated heterocycles. The molecule has 4 aromatic rings. The van der Waals surface area contributed by atoms with Crippen molar-refractivity contribution in [2.24, 2.45) is 0 Å². The van der Waals surface area contributed by atoms with Crippen LogP contribution in [-0.2, 0) is 4.79 Å². The predicted octanol–water partition coefficient (Wildman–Crippen LogP) is 6.44. The molecule has 4 rings (SSSR count). The van der Waals surface area contributed by atoms with Crippen molar-refractivity contribution in [1.82, 2.24) is 10.1 Å². The van der Waals surface area contributed by atoms with Gasteiger partial charge < -0.3 is 4.52 Å². The summed E-state index contributed by atoms with van der Waals surface area (Å²) in [6, 6.07) is 18.9. The second-order valence-electron chi connectivity index (χ2n) is 6.85. The van der Waals surface area contributed by atoms with Crippen LogP contribution in [0, 0.1) is 6.92 Å². The highest BCUT2D eigenvalue weighted by Crippen LogP contribution is 2.43. The van der Waals surface area contributed by atoms with Crippen LogP contribution in [0.3, 0.4) is 0 Å². The van der Waals surface area contributed by atoms with E-state index in [0.717, 1.165) is 16.7 Å². The predicted molar refractivity (Wildman–Crippen MR) is 119 cm³/mol. The molecule has 0 unspecified atom stereocenters. The second-order valence-corrected chi connectivity index (χ2v) is 7.26. The number of nitrogens with zero attached hydrogens (tertiary/aromatic N) is 3. The number of hydrogen-bond acceptors (Lipinski definition) is 4. The van der Waals surface area contributed by atoms with Gasteiger partial charge in [0.2, 0.25) is 11.8 Å². The van der Waals surface area contributed by atoms with Crippen LogP contribution in [0.2, 0.25) is 5.02 Å². The van der Waals surface area contributed by atoms with Crippen molar-refractivity contribution in [2.75, 3.05) is 4.90 Å². The number of anilines is 2. The van der Waals surface area contributed by atoms with E-state index in [1.165, 1.54) is 4.90 Å². The minimum absolute atomic E-state index is 0.148. The first-order valence-electron chi connectivity index (χ1n) is 9.64. The van der Waals surface area contributed by atoms with Crippen LogP contribution >= 0.6 is 11.6 Å². The van der Waals surface area contributed by atoms with Crippen LogP contribution in [0.4, 0.5) is 11.6 Å². The van der Waals surface area contributed by atoms with E-state index < -0.39 is 0 Å². The first-order chi connectivity index (χ1) is 14.6. The lowest BCUT2D eigenvalue weighted by molar-refractivity contribution is -0.117. The van der Waals surface area contributed by atoms with E-state index in [4.69, 9.17) is 16.1 Å². The molecule has 6 heteroatoms. The number of para-hydroxylation sites is 1. The van der Waals surface area contributed by atoms with E-state index in [2.05, 4.69) is 10.1 Å². The Morgan fingerprint density at radius 2 is 1.80 bits per heavy atom. The minimum atomic E-state index is -0.148. The number of benzene rings is 2. The zero-order valence-electron chi connectivity index (χ0n) is 16.7. The average molecular weight is 418 g/mol. The number of aryl methyl sites for hydroxylation is 1. The molecule has 2 aromatic carbocycles. The average Bonchev–Trinajstić information content (AvgIpc) is 3.20. The van der Waals surface area contributed by atoms with Gasteiger partial charge in [-0.1, -0.05) is 59.6 Å². The van der Waals surface area contributed by atoms with Crippen LogP contribution in [0.5, 0.6) is 0 Å². The summed E-state index contributed by atoms with van der Waals surface area (Å²) in [5.41, 5.74) is 4.77. The van der Waals surface area contributed by atoms with E-state index in [0.29, 0.717) is 27.9 Å². The maximum atomic E-state index is 13.0. The van der Waals surface area contributed by atoms with Crippen molar-refractivity contribution < 1.29 is 9.32 Å². The summed E-state index contributed by atoms with van der Waals surface area (Å²) < 4.78 is 5.82. The van der Waals surface area contributed by atoms with Crippen molar-refractivity contribution in [3.8, 4) is 22.4 Å². The third-order valence-corrected chi connectivity index (χ3v) is 5.10. The smallest absolute Gasteiger partial charge is 0.247 e. The lowest BCUT2D eigenvalue weighted by atomic mass is 10.00. The number of carbonyl (C=O) groups excluding carboxylic acids is 1. The zero-order valence-corrected chi connectivity index (χ0v) is 17.4. The highest BCUT2D eigenvalue weighted by atomic mass is 35.5. The Labute approximate surface area is 179 Å². The molecule has 0 fully saturated rings. The Balaban J connectivity index is 1.99. The molecular formula is C24H20ClN3O2. The van der Waals surface area contributed by atoms with Crippen molar-refractivity contribution in [1.29, 1.82) is 0 Å². The van der Waals surface area contributed by atoms with Gasteiger partial charge in [-0.05, 0) is 42.8 Å². The Morgan fingerprint density at radius 3 is 2.50 bits per heavy atom. The molecule has 30 heavy (non-hydrogen) atoms. The van der Waals surface area contributed by atoms with Gasteiger partial charge in [-0.15, -0.1) is 0 Å². The molecule has 150 valence electrons. The quantitative estimate of drug-likeness (QED) is 0.375. The third kappa shape index (κ3) is 3.72. The summed E-state index contributed by atoms with van der Waals surface area (Å²) in [6.07, 6.45) is 3.68. The first kappa shape index (κ1) is 19.9. The van der Waals surface area contributed by atoms with Crippen molar-refractivity contribution in [3.63, 3.8) is 0 Å². The topological polar surface area (TPSA) is 59.2 Å². The number of amides is 1. The highest BCUT2D eigenvalue weighted by Gasteiger charge is 2.29. The number of hydrogen-bond donors (Lipinski definition) is 0. The maximum absolute atomic E-state index is 13.0. The van der Waals surface area contributed by atoms with E-state index >= 15 is 0 Å². The standard InChI is InChI=1S/C24H20ClN3O2/c1-3-21(29)28(20-10-5-4-9-19(20)25)24-22(17-11-13-26-14-12-17)23(27-30-24)18-8-6-7-16(2)15-18/h4-15H,3H2,1-2H3. The van der Waals surface area contributed by atoms with Crippen molar-refractivity contribution in [2.45, 2.75) is 20.3 Å². The number of aromatic nitrogens is 2. The molecule has 0 radical (unpaired) electrons. The second kappa shape index (κ2) is 8.51. The normalized spacial score (nSPS) is 10.8. The Kier molecular flexibility index (Phi) is 5.63. The van der Waals surface area contributed by atoms with E-state index in [-0.39, 0.29) is 12.3 Å². The van der Waals surface area contributed by atoms with Crippen LogP contribution in [0.15, 0.2) is 77.6 Å². The molecule has 0 N–H and O–H groups in total. The summed E-state index contributed by atoms with van der Waals surface area (Å²) in [6.45, 7) is 3.82. The summed E-state index contributed by atoms with van der Waals surface area (Å²) in [4.78, 5) is 18.6. The monoisotopic (exact) mass is 417 g/mol. The third-order valence-electron chi connectivity index (χ3n) is 4.78. The zero-order chi connectivity index (χ0) is 21.1. The molecule has 0 aliphatic carbocycles. The van der Waals surface area contributed by atoms with Gasteiger partial charge in [-0.2, -0.15) is 0 Å². The van der Waals surface area contributed by atoms with Crippen molar-refractivity contribution >= 4 is 29.1 Å². The van der Waals surface area contributed by atoms with Gasteiger partial charge in [0.15, 0.2) is 0 Å². The van der Waals surface area contributed by atoms with Gasteiger partial charge in [-0.25, -0.2) is 4.90 Å². The molecule has 0 aliphatic heterocycles. The number of rotatable bonds is 5. The van der Waals surface area contributed by atoms with Gasteiger partial charge in [0.05, 0.1) is 16.3 Å². The fourth-order valence-electron chi connectivity index (χ4n) is 3.35. The molecule has 0 spiro atoms. The fourth-order valence-corrected chi connectivity index (χ4v) is 3.57. The highest BCUT2D eigenvalue weighted by molar-refractivity contribution is 6.34. The van der Waals surface area contributed by atoms with Gasteiger partial charge in [0, 0.05) is 24.4 Å². The molecule has 2 heterocycles. The van der Waals surface area contributed by atoms with Gasteiger partial charge in [0.25, 0.3) is 0 Å². The molecule has 0 bridgehead atoms. The largest absolute Gasteiger partial charge is 0.337 e. The van der Waals surface area contributed by atoms with E-state index in [1.807, 2.05) is 55.5 Å². The number of carbonyl (C=O) groups is 1. The Bertz CT molecular complexity index is 1190. The van der Waals surface area contributed by atoms with Crippen LogP contribution in [0.25, 0.3) is 22.4 Å². The van der Waals surface area contributed by atoms with Crippen LogP contribution < -0.4 is 4.90 Å². The van der Waals surface area contributed by atoms with Gasteiger partial charge in [-0.3, -0.25) is 9.78 Å². The molecule has 0 aliphatic rings. The van der Waals surface area contributed by atoms with Crippen LogP contribution in [0.1, 0.15) is 18.9 Å². The Hall–Kier alpha value is -3.44. The molecular weight excluding hydrogens is 398 g/mol. The molecule has 0 atom stereocenters. The van der Waals surface area contributed by atoms with E-state index in [1.54, 1.807) is 31.5 Å². The Morgan fingerprint density at radius 1 is 1.03 bits per heavy atom.